The Morgan fingerprint density at radius 3 is 2.84 bits per heavy atom. The lowest BCUT2D eigenvalue weighted by molar-refractivity contribution is -0.159. The van der Waals surface area contributed by atoms with Crippen LogP contribution in [0.15, 0.2) is 16.7 Å². The monoisotopic (exact) mass is 488 g/mol. The average molecular weight is 488 g/mol. The van der Waals surface area contributed by atoms with E-state index in [4.69, 9.17) is 4.74 Å². The van der Waals surface area contributed by atoms with Gasteiger partial charge in [-0.15, -0.1) is 16.4 Å². The van der Waals surface area contributed by atoms with E-state index in [2.05, 4.69) is 29.6 Å². The van der Waals surface area contributed by atoms with Crippen LogP contribution in [0, 0.1) is 6.92 Å². The number of hydrogen-bond acceptors (Lipinski definition) is 10. The van der Waals surface area contributed by atoms with Gasteiger partial charge in [-0.25, -0.2) is 0 Å². The van der Waals surface area contributed by atoms with Gasteiger partial charge in [0.25, 0.3) is 11.8 Å². The van der Waals surface area contributed by atoms with Gasteiger partial charge in [-0.2, -0.15) is 18.2 Å². The average Bonchev–Trinajstić information content (AvgIpc) is 3.51. The molecule has 0 aromatic carbocycles. The first kappa shape index (κ1) is 22.3. The van der Waals surface area contributed by atoms with E-state index in [0.717, 1.165) is 22.9 Å². The number of aromatic nitrogens is 4. The smallest absolute Gasteiger partial charge is 0.377 e. The van der Waals surface area contributed by atoms with Crippen LogP contribution in [0.3, 0.4) is 0 Å². The second-order valence-electron chi connectivity index (χ2n) is 6.71. The largest absolute Gasteiger partial charge is 0.471 e. The molecule has 10 nitrogen and oxygen atoms in total. The minimum absolute atomic E-state index is 0.128. The summed E-state index contributed by atoms with van der Waals surface area (Å²) in [4.78, 5) is 31.2. The summed E-state index contributed by atoms with van der Waals surface area (Å²) < 4.78 is 51.3. The molecule has 0 bridgehead atoms. The maximum absolute atomic E-state index is 12.8. The van der Waals surface area contributed by atoms with Crippen molar-refractivity contribution in [2.75, 3.05) is 26.3 Å². The number of ether oxygens (including phenoxy) is 1. The lowest BCUT2D eigenvalue weighted by atomic mass is 10.2. The second-order valence-corrected chi connectivity index (χ2v) is 8.55. The molecule has 2 amide bonds. The number of aryl methyl sites for hydroxylation is 1. The molecule has 1 atom stereocenters. The lowest BCUT2D eigenvalue weighted by Crippen LogP contribution is -2.53. The highest BCUT2D eigenvalue weighted by Crippen LogP contribution is 2.31. The van der Waals surface area contributed by atoms with Gasteiger partial charge in [0.05, 0.1) is 34.7 Å². The zero-order chi connectivity index (χ0) is 22.9. The topological polar surface area (TPSA) is 123 Å². The number of carbonyl (C=O) groups is 2. The van der Waals surface area contributed by atoms with Crippen LogP contribution >= 0.6 is 22.9 Å². The van der Waals surface area contributed by atoms with Crippen molar-refractivity contribution in [1.82, 2.24) is 29.9 Å². The molecule has 170 valence electrons. The predicted octanol–water partition coefficient (Wildman–Crippen LogP) is 2.25. The Bertz CT molecular complexity index is 1130. The van der Waals surface area contributed by atoms with Gasteiger partial charge in [0, 0.05) is 13.1 Å². The second kappa shape index (κ2) is 8.91. The Morgan fingerprint density at radius 1 is 1.34 bits per heavy atom. The number of nitrogens with one attached hydrogen (secondary N) is 1. The van der Waals surface area contributed by atoms with Gasteiger partial charge in [-0.3, -0.25) is 9.59 Å². The molecule has 3 aromatic heterocycles. The number of amides is 2. The van der Waals surface area contributed by atoms with Crippen LogP contribution in [0.5, 0.6) is 0 Å². The van der Waals surface area contributed by atoms with Crippen molar-refractivity contribution in [1.29, 1.82) is 0 Å². The maximum atomic E-state index is 12.8. The van der Waals surface area contributed by atoms with Crippen molar-refractivity contribution in [2.45, 2.75) is 19.1 Å². The molecular formula is C17H15F3N6O4S2. The van der Waals surface area contributed by atoms with Gasteiger partial charge in [0.1, 0.15) is 4.88 Å². The predicted molar refractivity (Wildman–Crippen MR) is 105 cm³/mol. The molecule has 32 heavy (non-hydrogen) atoms. The Balaban J connectivity index is 1.40. The summed E-state index contributed by atoms with van der Waals surface area (Å²) in [5.41, 5.74) is 0.538. The van der Waals surface area contributed by atoms with Crippen LogP contribution in [-0.4, -0.2) is 68.8 Å². The molecule has 4 heterocycles. The summed E-state index contributed by atoms with van der Waals surface area (Å²) in [6.07, 6.45) is -4.75. The van der Waals surface area contributed by atoms with Crippen LogP contribution in [0.2, 0.25) is 0 Å². The molecule has 1 N–H and O–H groups in total. The number of thiophene rings is 1. The van der Waals surface area contributed by atoms with Crippen molar-refractivity contribution < 1.29 is 32.0 Å². The standard InChI is InChI=1S/C17H15F3N6O4S2/c1-8-12(32-25-23-8)15(28)26-4-5-29-7-9(26)6-21-14(27)11-3-2-10(31-11)13-22-16(30-24-13)17(18,19)20/h2-3,9H,4-7H2,1H3,(H,21,27). The molecule has 1 aliphatic heterocycles. The molecule has 1 saturated heterocycles. The van der Waals surface area contributed by atoms with E-state index < -0.39 is 24.0 Å². The Labute approximate surface area is 186 Å². The molecule has 4 rings (SSSR count). The molecule has 0 aliphatic carbocycles. The van der Waals surface area contributed by atoms with Crippen molar-refractivity contribution in [2.24, 2.45) is 0 Å². The SMILES string of the molecule is Cc1nnsc1C(=O)N1CCOCC1CNC(=O)c1ccc(-c2noc(C(F)(F)F)n2)s1. The van der Waals surface area contributed by atoms with Crippen LogP contribution in [0.4, 0.5) is 13.2 Å². The molecular weight excluding hydrogens is 473 g/mol. The van der Waals surface area contributed by atoms with Crippen LogP contribution < -0.4 is 5.32 Å². The van der Waals surface area contributed by atoms with Gasteiger partial charge in [0.15, 0.2) is 0 Å². The third-order valence-corrected chi connectivity index (χ3v) is 6.45. The van der Waals surface area contributed by atoms with Gasteiger partial charge in [-0.1, -0.05) is 9.64 Å². The van der Waals surface area contributed by atoms with Crippen LogP contribution in [-0.2, 0) is 10.9 Å². The maximum Gasteiger partial charge on any atom is 0.471 e. The molecule has 0 saturated carbocycles. The van der Waals surface area contributed by atoms with E-state index in [0.29, 0.717) is 23.7 Å². The molecule has 1 fully saturated rings. The molecule has 1 aliphatic rings. The summed E-state index contributed by atoms with van der Waals surface area (Å²) in [7, 11) is 0. The van der Waals surface area contributed by atoms with E-state index in [9.17, 15) is 22.8 Å². The number of carbonyl (C=O) groups excluding carboxylic acids is 2. The first-order valence-corrected chi connectivity index (χ1v) is 10.8. The Hall–Kier alpha value is -2.91. The lowest BCUT2D eigenvalue weighted by Gasteiger charge is -2.35. The van der Waals surface area contributed by atoms with Crippen molar-refractivity contribution in [3.63, 3.8) is 0 Å². The van der Waals surface area contributed by atoms with Crippen molar-refractivity contribution >= 4 is 34.7 Å². The number of nitrogens with zero attached hydrogens (tertiary/aromatic N) is 5. The highest BCUT2D eigenvalue weighted by atomic mass is 32.1. The third-order valence-electron chi connectivity index (χ3n) is 4.55. The highest BCUT2D eigenvalue weighted by molar-refractivity contribution is 7.17. The fraction of sp³-hybridized carbons (Fsp3) is 0.412. The van der Waals surface area contributed by atoms with E-state index in [1.165, 1.54) is 12.1 Å². The van der Waals surface area contributed by atoms with Gasteiger partial charge in [-0.05, 0) is 30.6 Å². The molecule has 0 radical (unpaired) electrons. The number of halogens is 3. The zero-order valence-electron chi connectivity index (χ0n) is 16.4. The first-order chi connectivity index (χ1) is 15.2. The Kier molecular flexibility index (Phi) is 6.21. The minimum atomic E-state index is -4.75. The molecule has 15 heteroatoms. The Morgan fingerprint density at radius 2 is 2.16 bits per heavy atom. The van der Waals surface area contributed by atoms with Crippen LogP contribution in [0.1, 0.15) is 30.9 Å². The fourth-order valence-electron chi connectivity index (χ4n) is 2.97. The summed E-state index contributed by atoms with van der Waals surface area (Å²) in [5.74, 6) is -2.39. The van der Waals surface area contributed by atoms with Crippen molar-refractivity contribution in [3.8, 4) is 10.7 Å². The number of rotatable bonds is 5. The molecule has 3 aromatic rings. The third kappa shape index (κ3) is 4.63. The zero-order valence-corrected chi connectivity index (χ0v) is 18.0. The summed E-state index contributed by atoms with van der Waals surface area (Å²) in [5, 5.41) is 9.90. The van der Waals surface area contributed by atoms with Gasteiger partial charge < -0.3 is 19.5 Å². The normalized spacial score (nSPS) is 16.9. The first-order valence-electron chi connectivity index (χ1n) is 9.21. The van der Waals surface area contributed by atoms with Gasteiger partial charge in [0.2, 0.25) is 5.82 Å². The minimum Gasteiger partial charge on any atom is -0.377 e. The molecule has 1 unspecified atom stereocenters. The summed E-state index contributed by atoms with van der Waals surface area (Å²) >= 11 is 1.93. The summed E-state index contributed by atoms with van der Waals surface area (Å²) in [6.45, 7) is 2.81. The summed E-state index contributed by atoms with van der Waals surface area (Å²) in [6, 6.07) is 2.49. The van der Waals surface area contributed by atoms with E-state index in [1.807, 2.05) is 0 Å². The number of alkyl halides is 3. The van der Waals surface area contributed by atoms with E-state index in [-0.39, 0.29) is 34.6 Å². The highest BCUT2D eigenvalue weighted by Gasteiger charge is 2.38. The van der Waals surface area contributed by atoms with E-state index in [1.54, 1.807) is 11.8 Å². The van der Waals surface area contributed by atoms with Crippen molar-refractivity contribution in [3.05, 3.63) is 33.5 Å². The van der Waals surface area contributed by atoms with E-state index >= 15 is 0 Å². The fourth-order valence-corrected chi connectivity index (χ4v) is 4.43. The number of hydrogen-bond donors (Lipinski definition) is 1. The number of morpholine rings is 1. The molecule has 0 spiro atoms. The van der Waals surface area contributed by atoms with Crippen LogP contribution in [0.25, 0.3) is 10.7 Å². The van der Waals surface area contributed by atoms with Gasteiger partial charge >= 0.3 is 12.1 Å². The quantitative estimate of drug-likeness (QED) is 0.580.